The largest absolute Gasteiger partial charge is 0.412 e. The first-order valence-corrected chi connectivity index (χ1v) is 9.76. The van der Waals surface area contributed by atoms with E-state index in [0.29, 0.717) is 31.3 Å². The van der Waals surface area contributed by atoms with Crippen LogP contribution in [0.5, 0.6) is 5.75 Å². The van der Waals surface area contributed by atoms with Gasteiger partial charge >= 0.3 is 6.09 Å². The Balaban J connectivity index is 1.70. The zero-order valence-electron chi connectivity index (χ0n) is 15.0. The first-order chi connectivity index (χ1) is 13.2. The van der Waals surface area contributed by atoms with E-state index in [9.17, 15) is 4.79 Å². The van der Waals surface area contributed by atoms with Crippen LogP contribution in [0.25, 0.3) is 21.6 Å². The Morgan fingerprint density at radius 2 is 2.15 bits per heavy atom. The highest BCUT2D eigenvalue weighted by atomic mass is 32.1. The number of nitrogens with zero attached hydrogens (tertiary/aromatic N) is 3. The summed E-state index contributed by atoms with van der Waals surface area (Å²) in [5, 5.41) is 4.65. The molecule has 3 aromatic rings. The number of hydrogen-bond donors (Lipinski definition) is 1. The lowest BCUT2D eigenvalue weighted by Crippen LogP contribution is -2.36. The average molecular weight is 384 g/mol. The molecular weight excluding hydrogens is 364 g/mol. The van der Waals surface area contributed by atoms with Gasteiger partial charge in [-0.2, -0.15) is 0 Å². The van der Waals surface area contributed by atoms with Crippen LogP contribution in [0.4, 0.5) is 10.6 Å². The topological polar surface area (TPSA) is 76.6 Å². The second-order valence-corrected chi connectivity index (χ2v) is 6.97. The van der Waals surface area contributed by atoms with Crippen molar-refractivity contribution < 1.29 is 14.3 Å². The van der Waals surface area contributed by atoms with E-state index in [1.54, 1.807) is 23.5 Å². The normalized spacial score (nSPS) is 14.3. The van der Waals surface area contributed by atoms with Gasteiger partial charge in [-0.05, 0) is 30.5 Å². The van der Waals surface area contributed by atoms with Crippen molar-refractivity contribution in [3.8, 4) is 17.1 Å². The lowest BCUT2D eigenvalue weighted by molar-refractivity contribution is 0.122. The Bertz CT molecular complexity index is 953. The maximum atomic E-state index is 11.7. The van der Waals surface area contributed by atoms with E-state index < -0.39 is 6.09 Å². The second-order valence-electron chi connectivity index (χ2n) is 6.05. The molecular formula is C19H20N4O3S. The van der Waals surface area contributed by atoms with Crippen molar-refractivity contribution in [1.29, 1.82) is 0 Å². The fourth-order valence-corrected chi connectivity index (χ4v) is 3.80. The molecule has 0 aliphatic carbocycles. The molecule has 2 aromatic heterocycles. The fraction of sp³-hybridized carbons (Fsp3) is 0.316. The number of nitrogens with one attached hydrogen (secondary N) is 1. The minimum atomic E-state index is -0.474. The van der Waals surface area contributed by atoms with E-state index in [1.807, 2.05) is 30.5 Å². The maximum absolute atomic E-state index is 11.7. The molecule has 0 spiro atoms. The molecule has 1 saturated heterocycles. The molecule has 1 amide bonds. The van der Waals surface area contributed by atoms with Gasteiger partial charge in [0.2, 0.25) is 0 Å². The summed E-state index contributed by atoms with van der Waals surface area (Å²) in [7, 11) is 0. The smallest absolute Gasteiger partial charge is 0.410 e. The zero-order valence-corrected chi connectivity index (χ0v) is 15.8. The number of morpholine rings is 1. The number of amides is 1. The van der Waals surface area contributed by atoms with Gasteiger partial charge in [0, 0.05) is 25.2 Å². The van der Waals surface area contributed by atoms with Crippen molar-refractivity contribution in [2.24, 2.45) is 0 Å². The number of rotatable bonds is 4. The van der Waals surface area contributed by atoms with Crippen LogP contribution in [0.15, 0.2) is 35.7 Å². The fourth-order valence-electron chi connectivity index (χ4n) is 2.95. The Morgan fingerprint density at radius 3 is 2.96 bits per heavy atom. The monoisotopic (exact) mass is 384 g/mol. The molecule has 0 bridgehead atoms. The van der Waals surface area contributed by atoms with Crippen molar-refractivity contribution in [3.63, 3.8) is 0 Å². The summed E-state index contributed by atoms with van der Waals surface area (Å²) in [6.07, 6.45) is -0.474. The van der Waals surface area contributed by atoms with E-state index in [0.717, 1.165) is 34.7 Å². The van der Waals surface area contributed by atoms with Crippen LogP contribution in [0.1, 0.15) is 6.92 Å². The minimum Gasteiger partial charge on any atom is -0.410 e. The summed E-state index contributed by atoms with van der Waals surface area (Å²) in [5.41, 5.74) is 1.72. The minimum absolute atomic E-state index is 0.459. The summed E-state index contributed by atoms with van der Waals surface area (Å²) in [5.74, 6) is 2.01. The van der Waals surface area contributed by atoms with E-state index >= 15 is 0 Å². The van der Waals surface area contributed by atoms with Crippen LogP contribution >= 0.6 is 11.3 Å². The number of anilines is 1. The molecule has 0 saturated carbocycles. The maximum Gasteiger partial charge on any atom is 0.412 e. The van der Waals surface area contributed by atoms with Crippen molar-refractivity contribution in [2.45, 2.75) is 6.92 Å². The molecule has 140 valence electrons. The summed E-state index contributed by atoms with van der Waals surface area (Å²) in [6, 6.07) is 9.28. The number of benzene rings is 1. The molecule has 4 rings (SSSR count). The number of aromatic nitrogens is 2. The first-order valence-electron chi connectivity index (χ1n) is 8.88. The van der Waals surface area contributed by atoms with Crippen molar-refractivity contribution in [3.05, 3.63) is 35.7 Å². The quantitative estimate of drug-likeness (QED) is 0.744. The molecule has 1 aromatic carbocycles. The predicted molar refractivity (Wildman–Crippen MR) is 106 cm³/mol. The predicted octanol–water partition coefficient (Wildman–Crippen LogP) is 3.30. The van der Waals surface area contributed by atoms with E-state index in [2.05, 4.69) is 10.2 Å². The Morgan fingerprint density at radius 1 is 1.30 bits per heavy atom. The van der Waals surface area contributed by atoms with E-state index in [1.165, 1.54) is 0 Å². The van der Waals surface area contributed by atoms with Crippen molar-refractivity contribution >= 4 is 33.5 Å². The Labute approximate surface area is 160 Å². The number of thiophene rings is 1. The third-order valence-corrected chi connectivity index (χ3v) is 5.12. The van der Waals surface area contributed by atoms with Gasteiger partial charge in [0.1, 0.15) is 5.75 Å². The highest BCUT2D eigenvalue weighted by Gasteiger charge is 2.19. The zero-order chi connectivity index (χ0) is 18.6. The number of ether oxygens (including phenoxy) is 2. The molecule has 0 atom stereocenters. The van der Waals surface area contributed by atoms with Crippen LogP contribution in [0, 0.1) is 0 Å². The van der Waals surface area contributed by atoms with Gasteiger partial charge in [-0.25, -0.2) is 14.8 Å². The van der Waals surface area contributed by atoms with Gasteiger partial charge in [-0.1, -0.05) is 12.1 Å². The van der Waals surface area contributed by atoms with Gasteiger partial charge < -0.3 is 19.7 Å². The van der Waals surface area contributed by atoms with E-state index in [4.69, 9.17) is 19.4 Å². The molecule has 3 heterocycles. The lowest BCUT2D eigenvalue weighted by atomic mass is 10.2. The van der Waals surface area contributed by atoms with Gasteiger partial charge in [-0.3, -0.25) is 0 Å². The second kappa shape index (κ2) is 7.89. The highest BCUT2D eigenvalue weighted by molar-refractivity contribution is 7.17. The van der Waals surface area contributed by atoms with Gasteiger partial charge in [0.25, 0.3) is 0 Å². The van der Waals surface area contributed by atoms with Crippen molar-refractivity contribution in [1.82, 2.24) is 15.3 Å². The van der Waals surface area contributed by atoms with Gasteiger partial charge in [0.05, 0.1) is 23.4 Å². The van der Waals surface area contributed by atoms with Crippen LogP contribution in [-0.4, -0.2) is 48.9 Å². The molecule has 27 heavy (non-hydrogen) atoms. The lowest BCUT2D eigenvalue weighted by Gasteiger charge is -2.28. The third-order valence-electron chi connectivity index (χ3n) is 4.22. The number of carbonyl (C=O) groups excluding carboxylic acids is 1. The Kier molecular flexibility index (Phi) is 5.17. The average Bonchev–Trinajstić information content (AvgIpc) is 3.17. The van der Waals surface area contributed by atoms with Gasteiger partial charge in [-0.15, -0.1) is 11.3 Å². The summed E-state index contributed by atoms with van der Waals surface area (Å²) >= 11 is 1.64. The molecule has 1 N–H and O–H groups in total. The number of hydrogen-bond acceptors (Lipinski definition) is 7. The van der Waals surface area contributed by atoms with Crippen LogP contribution in [-0.2, 0) is 4.74 Å². The standard InChI is InChI=1S/C19H20N4O3S/c1-2-20-19(24)26-14-5-3-4-13(12-14)17-21-15-6-11-27-16(15)18(22-17)23-7-9-25-10-8-23/h3-6,11-12H,2,7-10H2,1H3,(H,20,24). The van der Waals surface area contributed by atoms with Gasteiger partial charge in [0.15, 0.2) is 11.6 Å². The molecule has 1 aliphatic heterocycles. The first kappa shape index (κ1) is 17.7. The molecule has 1 fully saturated rings. The van der Waals surface area contributed by atoms with Crippen LogP contribution in [0.2, 0.25) is 0 Å². The van der Waals surface area contributed by atoms with Crippen LogP contribution in [0.3, 0.4) is 0 Å². The third kappa shape index (κ3) is 3.86. The Hall–Kier alpha value is -2.71. The molecule has 1 aliphatic rings. The highest BCUT2D eigenvalue weighted by Crippen LogP contribution is 2.32. The van der Waals surface area contributed by atoms with Crippen molar-refractivity contribution in [2.75, 3.05) is 37.7 Å². The summed E-state index contributed by atoms with van der Waals surface area (Å²) in [6.45, 7) is 5.37. The summed E-state index contributed by atoms with van der Waals surface area (Å²) < 4.78 is 11.9. The number of carbonyl (C=O) groups is 1. The van der Waals surface area contributed by atoms with Crippen LogP contribution < -0.4 is 15.0 Å². The number of fused-ring (bicyclic) bond motifs is 1. The molecule has 8 heteroatoms. The van der Waals surface area contributed by atoms with E-state index in [-0.39, 0.29) is 0 Å². The summed E-state index contributed by atoms with van der Waals surface area (Å²) in [4.78, 5) is 23.5. The molecule has 0 unspecified atom stereocenters. The molecule has 0 radical (unpaired) electrons. The SMILES string of the molecule is CCNC(=O)Oc1cccc(-c2nc(N3CCOCC3)c3sccc3n2)c1. The molecule has 7 nitrogen and oxygen atoms in total.